The molecule has 0 atom stereocenters. The smallest absolute Gasteiger partial charge is 0.335 e. The molecule has 0 saturated heterocycles. The molecule has 0 aliphatic heterocycles. The van der Waals surface area contributed by atoms with Crippen molar-refractivity contribution >= 4 is 29.0 Å². The van der Waals surface area contributed by atoms with E-state index in [9.17, 15) is 9.59 Å². The van der Waals surface area contributed by atoms with Gasteiger partial charge in [-0.05, 0) is 59.5 Å². The molecule has 6 heteroatoms. The van der Waals surface area contributed by atoms with Crippen LogP contribution in [-0.2, 0) is 6.42 Å². The van der Waals surface area contributed by atoms with Crippen molar-refractivity contribution in [2.45, 2.75) is 13.3 Å². The van der Waals surface area contributed by atoms with Crippen molar-refractivity contribution in [3.05, 3.63) is 51.7 Å². The molecule has 0 saturated carbocycles. The maximum atomic E-state index is 11.8. The third-order valence-electron chi connectivity index (χ3n) is 3.00. The molecule has 3 N–H and O–H groups in total. The predicted octanol–water partition coefficient (Wildman–Crippen LogP) is 3.12. The minimum atomic E-state index is -0.982. The maximum absolute atomic E-state index is 11.8. The molecular weight excluding hydrogens is 288 g/mol. The standard InChI is InChI=1S/C15H16N2O3S/c1-10-8-12(14(18)19)2-3-13(10)17-15(20)16-6-4-11-5-7-21-9-11/h2-3,5,7-9H,4,6H2,1H3,(H,18,19)(H2,16,17,20). The number of thiophene rings is 1. The Morgan fingerprint density at radius 2 is 2.10 bits per heavy atom. The number of aromatic carboxylic acids is 1. The quantitative estimate of drug-likeness (QED) is 0.794. The Labute approximate surface area is 126 Å². The lowest BCUT2D eigenvalue weighted by atomic mass is 10.1. The van der Waals surface area contributed by atoms with Crippen LogP contribution in [0.25, 0.3) is 0 Å². The number of amides is 2. The first-order chi connectivity index (χ1) is 10.1. The van der Waals surface area contributed by atoms with E-state index in [1.807, 2.05) is 16.8 Å². The number of carbonyl (C=O) groups excluding carboxylic acids is 1. The molecule has 0 radical (unpaired) electrons. The van der Waals surface area contributed by atoms with Gasteiger partial charge >= 0.3 is 12.0 Å². The van der Waals surface area contributed by atoms with Gasteiger partial charge in [-0.15, -0.1) is 0 Å². The minimum absolute atomic E-state index is 0.205. The van der Waals surface area contributed by atoms with E-state index in [1.54, 1.807) is 24.3 Å². The van der Waals surface area contributed by atoms with Gasteiger partial charge in [0.25, 0.3) is 0 Å². The number of carbonyl (C=O) groups is 2. The maximum Gasteiger partial charge on any atom is 0.335 e. The molecule has 2 rings (SSSR count). The molecule has 2 amide bonds. The normalized spacial score (nSPS) is 10.1. The summed E-state index contributed by atoms with van der Waals surface area (Å²) in [7, 11) is 0. The van der Waals surface area contributed by atoms with Crippen LogP contribution in [0.2, 0.25) is 0 Å². The second kappa shape index (κ2) is 6.90. The van der Waals surface area contributed by atoms with Crippen LogP contribution >= 0.6 is 11.3 Å². The number of hydrogen-bond donors (Lipinski definition) is 3. The van der Waals surface area contributed by atoms with Crippen LogP contribution in [0.4, 0.5) is 10.5 Å². The molecule has 0 fully saturated rings. The lowest BCUT2D eigenvalue weighted by Gasteiger charge is -2.10. The van der Waals surface area contributed by atoms with Crippen molar-refractivity contribution in [1.82, 2.24) is 5.32 Å². The largest absolute Gasteiger partial charge is 0.478 e. The van der Waals surface area contributed by atoms with Crippen molar-refractivity contribution < 1.29 is 14.7 Å². The number of urea groups is 1. The van der Waals surface area contributed by atoms with E-state index < -0.39 is 5.97 Å². The Kier molecular flexibility index (Phi) is 4.94. The van der Waals surface area contributed by atoms with E-state index in [0.717, 1.165) is 6.42 Å². The Morgan fingerprint density at radius 3 is 2.71 bits per heavy atom. The lowest BCUT2D eigenvalue weighted by Crippen LogP contribution is -2.30. The summed E-state index contributed by atoms with van der Waals surface area (Å²) < 4.78 is 0. The Balaban J connectivity index is 1.86. The number of nitrogens with one attached hydrogen (secondary N) is 2. The fourth-order valence-electron chi connectivity index (χ4n) is 1.86. The average molecular weight is 304 g/mol. The summed E-state index contributed by atoms with van der Waals surface area (Å²) in [4.78, 5) is 22.6. The topological polar surface area (TPSA) is 78.4 Å². The molecular formula is C15H16N2O3S. The summed E-state index contributed by atoms with van der Waals surface area (Å²) in [5.74, 6) is -0.982. The molecule has 1 aromatic heterocycles. The highest BCUT2D eigenvalue weighted by molar-refractivity contribution is 7.07. The Morgan fingerprint density at radius 1 is 1.29 bits per heavy atom. The highest BCUT2D eigenvalue weighted by atomic mass is 32.1. The van der Waals surface area contributed by atoms with Gasteiger partial charge in [-0.25, -0.2) is 9.59 Å². The first kappa shape index (κ1) is 15.1. The highest BCUT2D eigenvalue weighted by Crippen LogP contribution is 2.16. The SMILES string of the molecule is Cc1cc(C(=O)O)ccc1NC(=O)NCCc1ccsc1. The van der Waals surface area contributed by atoms with Gasteiger partial charge in [-0.2, -0.15) is 11.3 Å². The number of carboxylic acid groups (broad SMARTS) is 1. The van der Waals surface area contributed by atoms with Gasteiger partial charge in [-0.3, -0.25) is 0 Å². The zero-order valence-corrected chi connectivity index (χ0v) is 12.4. The van der Waals surface area contributed by atoms with Gasteiger partial charge in [-0.1, -0.05) is 0 Å². The van der Waals surface area contributed by atoms with Crippen LogP contribution in [0, 0.1) is 6.92 Å². The summed E-state index contributed by atoms with van der Waals surface area (Å²) >= 11 is 1.63. The third-order valence-corrected chi connectivity index (χ3v) is 3.73. The molecule has 21 heavy (non-hydrogen) atoms. The predicted molar refractivity (Wildman–Crippen MR) is 83.2 cm³/mol. The summed E-state index contributed by atoms with van der Waals surface area (Å²) in [6, 6.07) is 6.33. The molecule has 2 aromatic rings. The van der Waals surface area contributed by atoms with Crippen LogP contribution in [0.5, 0.6) is 0 Å². The summed E-state index contributed by atoms with van der Waals surface area (Å²) in [5, 5.41) is 18.4. The van der Waals surface area contributed by atoms with E-state index in [1.165, 1.54) is 17.7 Å². The number of anilines is 1. The number of aryl methyl sites for hydroxylation is 1. The van der Waals surface area contributed by atoms with E-state index in [4.69, 9.17) is 5.11 Å². The van der Waals surface area contributed by atoms with Gasteiger partial charge in [0, 0.05) is 12.2 Å². The van der Waals surface area contributed by atoms with Gasteiger partial charge < -0.3 is 15.7 Å². The zero-order valence-electron chi connectivity index (χ0n) is 11.6. The van der Waals surface area contributed by atoms with E-state index in [0.29, 0.717) is 17.8 Å². The van der Waals surface area contributed by atoms with Crippen LogP contribution < -0.4 is 10.6 Å². The first-order valence-electron chi connectivity index (χ1n) is 6.46. The van der Waals surface area contributed by atoms with Crippen LogP contribution in [0.15, 0.2) is 35.0 Å². The summed E-state index contributed by atoms with van der Waals surface area (Å²) in [6.45, 7) is 2.31. The van der Waals surface area contributed by atoms with Crippen LogP contribution in [0.1, 0.15) is 21.5 Å². The molecule has 0 aliphatic rings. The molecule has 5 nitrogen and oxygen atoms in total. The lowest BCUT2D eigenvalue weighted by molar-refractivity contribution is 0.0697. The van der Waals surface area contributed by atoms with Crippen LogP contribution in [0.3, 0.4) is 0 Å². The molecule has 0 aliphatic carbocycles. The van der Waals surface area contributed by atoms with Gasteiger partial charge in [0.05, 0.1) is 5.56 Å². The van der Waals surface area contributed by atoms with E-state index in [-0.39, 0.29) is 11.6 Å². The molecule has 0 spiro atoms. The summed E-state index contributed by atoms with van der Waals surface area (Å²) in [6.07, 6.45) is 0.786. The fraction of sp³-hybridized carbons (Fsp3) is 0.200. The fourth-order valence-corrected chi connectivity index (χ4v) is 2.56. The molecule has 0 bridgehead atoms. The number of rotatable bonds is 5. The molecule has 1 heterocycles. The first-order valence-corrected chi connectivity index (χ1v) is 7.40. The van der Waals surface area contributed by atoms with Crippen molar-refractivity contribution in [1.29, 1.82) is 0 Å². The van der Waals surface area contributed by atoms with Crippen LogP contribution in [-0.4, -0.2) is 23.7 Å². The van der Waals surface area contributed by atoms with Crippen molar-refractivity contribution in [2.24, 2.45) is 0 Å². The summed E-state index contributed by atoms with van der Waals surface area (Å²) in [5.41, 5.74) is 2.72. The van der Waals surface area contributed by atoms with Gasteiger partial charge in [0.15, 0.2) is 0 Å². The number of benzene rings is 1. The molecule has 110 valence electrons. The second-order valence-corrected chi connectivity index (χ2v) is 5.38. The van der Waals surface area contributed by atoms with Crippen molar-refractivity contribution in [3.63, 3.8) is 0 Å². The number of carboxylic acids is 1. The van der Waals surface area contributed by atoms with E-state index >= 15 is 0 Å². The second-order valence-electron chi connectivity index (χ2n) is 4.60. The van der Waals surface area contributed by atoms with Gasteiger partial charge in [0.1, 0.15) is 0 Å². The molecule has 0 unspecified atom stereocenters. The zero-order chi connectivity index (χ0) is 15.2. The Hall–Kier alpha value is -2.34. The minimum Gasteiger partial charge on any atom is -0.478 e. The third kappa shape index (κ3) is 4.32. The highest BCUT2D eigenvalue weighted by Gasteiger charge is 2.08. The van der Waals surface area contributed by atoms with Gasteiger partial charge in [0.2, 0.25) is 0 Å². The monoisotopic (exact) mass is 304 g/mol. The Bertz CT molecular complexity index is 638. The van der Waals surface area contributed by atoms with Crippen molar-refractivity contribution in [2.75, 3.05) is 11.9 Å². The number of hydrogen-bond acceptors (Lipinski definition) is 3. The molecule has 1 aromatic carbocycles. The van der Waals surface area contributed by atoms with E-state index in [2.05, 4.69) is 10.6 Å². The average Bonchev–Trinajstić information content (AvgIpc) is 2.94. The van der Waals surface area contributed by atoms with Crippen molar-refractivity contribution in [3.8, 4) is 0 Å².